The van der Waals surface area contributed by atoms with Crippen molar-refractivity contribution >= 4 is 0 Å². The van der Waals surface area contributed by atoms with Crippen LogP contribution in [0, 0.1) is 6.92 Å². The number of rotatable bonds is 3. The molecule has 0 aliphatic carbocycles. The minimum Gasteiger partial charge on any atom is -0.449 e. The van der Waals surface area contributed by atoms with Gasteiger partial charge in [-0.15, -0.1) is 0 Å². The smallest absolute Gasteiger partial charge is 0.246 e. The number of aliphatic hydroxyl groups is 1. The van der Waals surface area contributed by atoms with Gasteiger partial charge in [0.25, 0.3) is 0 Å². The molecule has 1 aliphatic rings. The summed E-state index contributed by atoms with van der Waals surface area (Å²) in [4.78, 5) is 0. The van der Waals surface area contributed by atoms with Crippen molar-refractivity contribution in [1.29, 1.82) is 0 Å². The summed E-state index contributed by atoms with van der Waals surface area (Å²) < 4.78 is 11.3. The number of benzene rings is 1. The molecule has 88 valence electrons. The van der Waals surface area contributed by atoms with Crippen LogP contribution in [0.2, 0.25) is 0 Å². The van der Waals surface area contributed by atoms with Crippen LogP contribution < -0.4 is 9.47 Å². The van der Waals surface area contributed by atoms with E-state index in [0.29, 0.717) is 0 Å². The standard InChI is InChI=1S/C13H18O3/c1-9-7-11-12(16-13(2,3)15-11)8-10(9)5-4-6-14/h7-8,14H,4-6H2,1-3H3. The molecule has 3 heteroatoms. The number of fused-ring (bicyclic) bond motifs is 1. The van der Waals surface area contributed by atoms with Gasteiger partial charge < -0.3 is 14.6 Å². The summed E-state index contributed by atoms with van der Waals surface area (Å²) in [6, 6.07) is 4.03. The first-order valence-corrected chi connectivity index (χ1v) is 5.64. The average molecular weight is 222 g/mol. The maximum absolute atomic E-state index is 8.84. The third-order valence-electron chi connectivity index (χ3n) is 2.72. The van der Waals surface area contributed by atoms with Crippen LogP contribution >= 0.6 is 0 Å². The predicted molar refractivity (Wildman–Crippen MR) is 61.9 cm³/mol. The normalized spacial score (nSPS) is 16.5. The largest absolute Gasteiger partial charge is 0.449 e. The van der Waals surface area contributed by atoms with Crippen molar-refractivity contribution in [3.8, 4) is 11.5 Å². The van der Waals surface area contributed by atoms with E-state index < -0.39 is 5.79 Å². The zero-order valence-corrected chi connectivity index (χ0v) is 10.0. The Morgan fingerprint density at radius 3 is 2.44 bits per heavy atom. The Bertz CT molecular complexity index is 396. The lowest BCUT2D eigenvalue weighted by atomic mass is 10.0. The van der Waals surface area contributed by atoms with E-state index in [-0.39, 0.29) is 6.61 Å². The van der Waals surface area contributed by atoms with Gasteiger partial charge in [-0.25, -0.2) is 0 Å². The quantitative estimate of drug-likeness (QED) is 0.853. The highest BCUT2D eigenvalue weighted by Crippen LogP contribution is 2.41. The Morgan fingerprint density at radius 2 is 1.81 bits per heavy atom. The van der Waals surface area contributed by atoms with Crippen molar-refractivity contribution < 1.29 is 14.6 Å². The highest BCUT2D eigenvalue weighted by atomic mass is 16.7. The van der Waals surface area contributed by atoms with E-state index in [0.717, 1.165) is 24.3 Å². The summed E-state index contributed by atoms with van der Waals surface area (Å²) >= 11 is 0. The van der Waals surface area contributed by atoms with E-state index in [1.165, 1.54) is 11.1 Å². The highest BCUT2D eigenvalue weighted by Gasteiger charge is 2.32. The van der Waals surface area contributed by atoms with Gasteiger partial charge in [-0.3, -0.25) is 0 Å². The molecule has 0 unspecified atom stereocenters. The molecule has 0 spiro atoms. The number of aryl methyl sites for hydroxylation is 2. The fourth-order valence-corrected chi connectivity index (χ4v) is 1.95. The summed E-state index contributed by atoms with van der Waals surface area (Å²) in [6.07, 6.45) is 1.66. The fraction of sp³-hybridized carbons (Fsp3) is 0.538. The third kappa shape index (κ3) is 2.14. The van der Waals surface area contributed by atoms with E-state index >= 15 is 0 Å². The second-order valence-corrected chi connectivity index (χ2v) is 4.66. The zero-order valence-electron chi connectivity index (χ0n) is 10.0. The lowest BCUT2D eigenvalue weighted by Crippen LogP contribution is -2.29. The van der Waals surface area contributed by atoms with Gasteiger partial charge in [0.2, 0.25) is 5.79 Å². The Balaban J connectivity index is 2.26. The molecule has 1 aliphatic heterocycles. The van der Waals surface area contributed by atoms with Gasteiger partial charge in [0.05, 0.1) is 0 Å². The van der Waals surface area contributed by atoms with Gasteiger partial charge in [-0.2, -0.15) is 0 Å². The van der Waals surface area contributed by atoms with Crippen LogP contribution in [0.1, 0.15) is 31.4 Å². The van der Waals surface area contributed by atoms with E-state index in [1.807, 2.05) is 26.0 Å². The Morgan fingerprint density at radius 1 is 1.19 bits per heavy atom. The van der Waals surface area contributed by atoms with Crippen molar-refractivity contribution in [1.82, 2.24) is 0 Å². The van der Waals surface area contributed by atoms with Gasteiger partial charge in [-0.05, 0) is 43.0 Å². The average Bonchev–Trinajstić information content (AvgIpc) is 2.47. The van der Waals surface area contributed by atoms with Gasteiger partial charge >= 0.3 is 0 Å². The first kappa shape index (κ1) is 11.3. The van der Waals surface area contributed by atoms with Gasteiger partial charge in [0.15, 0.2) is 11.5 Å². The molecule has 0 amide bonds. The minimum absolute atomic E-state index is 0.222. The van der Waals surface area contributed by atoms with Gasteiger partial charge in [0.1, 0.15) is 0 Å². The maximum Gasteiger partial charge on any atom is 0.246 e. The summed E-state index contributed by atoms with van der Waals surface area (Å²) in [5.74, 6) is 1.06. The van der Waals surface area contributed by atoms with Crippen molar-refractivity contribution in [2.45, 2.75) is 39.4 Å². The first-order valence-electron chi connectivity index (χ1n) is 5.64. The maximum atomic E-state index is 8.84. The molecule has 1 N–H and O–H groups in total. The molecule has 0 aromatic heterocycles. The molecule has 1 heterocycles. The van der Waals surface area contributed by atoms with Crippen molar-refractivity contribution in [2.24, 2.45) is 0 Å². The topological polar surface area (TPSA) is 38.7 Å². The Labute approximate surface area is 96.0 Å². The SMILES string of the molecule is Cc1cc2c(cc1CCCO)OC(C)(C)O2. The van der Waals surface area contributed by atoms with Crippen molar-refractivity contribution in [3.63, 3.8) is 0 Å². The van der Waals surface area contributed by atoms with E-state index in [2.05, 4.69) is 6.92 Å². The fourth-order valence-electron chi connectivity index (χ4n) is 1.95. The van der Waals surface area contributed by atoms with Gasteiger partial charge in [0, 0.05) is 20.5 Å². The van der Waals surface area contributed by atoms with Crippen LogP contribution in [0.15, 0.2) is 12.1 Å². The molecule has 2 rings (SSSR count). The number of hydrogen-bond acceptors (Lipinski definition) is 3. The van der Waals surface area contributed by atoms with E-state index in [4.69, 9.17) is 14.6 Å². The Hall–Kier alpha value is -1.22. The molecular formula is C13H18O3. The van der Waals surface area contributed by atoms with Crippen LogP contribution in [0.3, 0.4) is 0 Å². The highest BCUT2D eigenvalue weighted by molar-refractivity contribution is 5.49. The molecule has 0 radical (unpaired) electrons. The molecule has 0 saturated heterocycles. The summed E-state index contributed by atoms with van der Waals surface area (Å²) in [5.41, 5.74) is 2.41. The monoisotopic (exact) mass is 222 g/mol. The summed E-state index contributed by atoms with van der Waals surface area (Å²) in [6.45, 7) is 6.08. The van der Waals surface area contributed by atoms with Crippen LogP contribution in [0.25, 0.3) is 0 Å². The van der Waals surface area contributed by atoms with Crippen LogP contribution in [-0.4, -0.2) is 17.5 Å². The van der Waals surface area contributed by atoms with Crippen molar-refractivity contribution in [3.05, 3.63) is 23.3 Å². The molecule has 0 saturated carbocycles. The van der Waals surface area contributed by atoms with Crippen LogP contribution in [0.4, 0.5) is 0 Å². The molecule has 0 fully saturated rings. The molecule has 0 atom stereocenters. The van der Waals surface area contributed by atoms with E-state index in [1.54, 1.807) is 0 Å². The predicted octanol–water partition coefficient (Wildman–Crippen LogP) is 2.43. The second kappa shape index (κ2) is 3.98. The lowest BCUT2D eigenvalue weighted by Gasteiger charge is -2.16. The lowest BCUT2D eigenvalue weighted by molar-refractivity contribution is -0.0431. The molecule has 1 aromatic rings. The summed E-state index contributed by atoms with van der Waals surface area (Å²) in [7, 11) is 0. The molecule has 1 aromatic carbocycles. The van der Waals surface area contributed by atoms with Crippen molar-refractivity contribution in [2.75, 3.05) is 6.61 Å². The first-order chi connectivity index (χ1) is 7.52. The Kier molecular flexibility index (Phi) is 2.80. The number of hydrogen-bond donors (Lipinski definition) is 1. The minimum atomic E-state index is -0.565. The molecular weight excluding hydrogens is 204 g/mol. The van der Waals surface area contributed by atoms with Gasteiger partial charge in [-0.1, -0.05) is 0 Å². The summed E-state index contributed by atoms with van der Waals surface area (Å²) in [5, 5.41) is 8.84. The second-order valence-electron chi connectivity index (χ2n) is 4.66. The zero-order chi connectivity index (χ0) is 11.8. The van der Waals surface area contributed by atoms with E-state index in [9.17, 15) is 0 Å². The number of aliphatic hydroxyl groups excluding tert-OH is 1. The molecule has 3 nitrogen and oxygen atoms in total. The van der Waals surface area contributed by atoms with Crippen LogP contribution in [0.5, 0.6) is 11.5 Å². The third-order valence-corrected chi connectivity index (χ3v) is 2.72. The molecule has 16 heavy (non-hydrogen) atoms. The number of ether oxygens (including phenoxy) is 2. The van der Waals surface area contributed by atoms with Crippen LogP contribution in [-0.2, 0) is 6.42 Å². The molecule has 0 bridgehead atoms.